The molecule has 0 aliphatic carbocycles. The van der Waals surface area contributed by atoms with Crippen molar-refractivity contribution in [2.45, 2.75) is 46.0 Å². The van der Waals surface area contributed by atoms with Crippen LogP contribution in [0.3, 0.4) is 0 Å². The first kappa shape index (κ1) is 30.2. The summed E-state index contributed by atoms with van der Waals surface area (Å²) in [5, 5.41) is 9.99. The van der Waals surface area contributed by atoms with E-state index in [0.717, 1.165) is 13.0 Å². The molecular weight excluding hydrogens is 525 g/mol. The van der Waals surface area contributed by atoms with Crippen molar-refractivity contribution in [1.29, 1.82) is 0 Å². The van der Waals surface area contributed by atoms with Gasteiger partial charge >= 0.3 is 12.1 Å². The second-order valence-corrected chi connectivity index (χ2v) is 9.65. The standard InChI is InChI=1S/C30H31F3N2O5/c1-18(30(31,32)33)10-15-25-19(2)35(17-21-8-7-9-24(16-21)39-29(4,5)28(37)38)20(3)26(25)27(36)22-11-13-23(14-12-22)40-34-6/h7-16,34H,2,17H2,1,3-6H3,(H,37,38)/b18-10+,25-15+. The first-order valence-corrected chi connectivity index (χ1v) is 12.3. The monoisotopic (exact) mass is 556 g/mol. The number of aliphatic carboxylic acids is 1. The summed E-state index contributed by atoms with van der Waals surface area (Å²) in [7, 11) is 1.59. The summed E-state index contributed by atoms with van der Waals surface area (Å²) < 4.78 is 47.0. The van der Waals surface area contributed by atoms with E-state index < -0.39 is 23.3 Å². The minimum absolute atomic E-state index is 0.209. The minimum Gasteiger partial charge on any atom is -0.478 e. The van der Waals surface area contributed by atoms with E-state index in [4.69, 9.17) is 9.57 Å². The Labute approximate surface area is 229 Å². The molecule has 0 bridgehead atoms. The zero-order valence-corrected chi connectivity index (χ0v) is 22.8. The number of ketones is 1. The average Bonchev–Trinajstić information content (AvgIpc) is 3.11. The molecule has 0 spiro atoms. The van der Waals surface area contributed by atoms with E-state index in [1.54, 1.807) is 67.1 Å². The van der Waals surface area contributed by atoms with Crippen LogP contribution in [0.15, 0.2) is 60.2 Å². The summed E-state index contributed by atoms with van der Waals surface area (Å²) in [5.41, 5.74) is 2.01. The molecule has 0 unspecified atom stereocenters. The van der Waals surface area contributed by atoms with Crippen LogP contribution in [-0.4, -0.2) is 40.3 Å². The topological polar surface area (TPSA) is 89.8 Å². The van der Waals surface area contributed by atoms with Crippen LogP contribution in [0.4, 0.5) is 13.2 Å². The summed E-state index contributed by atoms with van der Waals surface area (Å²) in [6.45, 7) is 9.81. The third-order valence-corrected chi connectivity index (χ3v) is 6.31. The molecule has 2 N–H and O–H groups in total. The Kier molecular flexibility index (Phi) is 8.94. The molecule has 3 aromatic rings. The van der Waals surface area contributed by atoms with Gasteiger partial charge in [-0.05, 0) is 69.7 Å². The second-order valence-electron chi connectivity index (χ2n) is 9.65. The van der Waals surface area contributed by atoms with Crippen molar-refractivity contribution >= 4 is 24.4 Å². The number of nitrogens with zero attached hydrogens (tertiary/aromatic N) is 1. The van der Waals surface area contributed by atoms with Gasteiger partial charge < -0.3 is 19.2 Å². The number of aromatic nitrogens is 1. The van der Waals surface area contributed by atoms with Crippen molar-refractivity contribution in [2.24, 2.45) is 0 Å². The number of hydrogen-bond acceptors (Lipinski definition) is 5. The third-order valence-electron chi connectivity index (χ3n) is 6.31. The average molecular weight is 557 g/mol. The van der Waals surface area contributed by atoms with Gasteiger partial charge in [0.1, 0.15) is 11.5 Å². The number of nitrogens with one attached hydrogen (secondary N) is 1. The van der Waals surface area contributed by atoms with Gasteiger partial charge in [-0.2, -0.15) is 18.7 Å². The van der Waals surface area contributed by atoms with Gasteiger partial charge in [0.05, 0.1) is 5.56 Å². The van der Waals surface area contributed by atoms with E-state index in [1.165, 1.54) is 19.9 Å². The number of carboxylic acids is 1. The molecule has 0 amide bonds. The molecule has 0 fully saturated rings. The van der Waals surface area contributed by atoms with E-state index in [1.807, 2.05) is 0 Å². The zero-order valence-electron chi connectivity index (χ0n) is 22.8. The molecule has 212 valence electrons. The highest BCUT2D eigenvalue weighted by molar-refractivity contribution is 6.10. The lowest BCUT2D eigenvalue weighted by atomic mass is 10.0. The van der Waals surface area contributed by atoms with Crippen LogP contribution in [0.25, 0.3) is 12.7 Å². The molecule has 0 radical (unpaired) electrons. The van der Waals surface area contributed by atoms with Crippen molar-refractivity contribution in [2.75, 3.05) is 7.05 Å². The number of carbonyl (C=O) groups excluding carboxylic acids is 1. The number of alkyl halides is 3. The lowest BCUT2D eigenvalue weighted by Crippen LogP contribution is -2.37. The van der Waals surface area contributed by atoms with Crippen molar-refractivity contribution in [3.05, 3.63) is 93.1 Å². The Bertz CT molecular complexity index is 1550. The van der Waals surface area contributed by atoms with Gasteiger partial charge in [0.15, 0.2) is 11.4 Å². The molecule has 0 aliphatic rings. The van der Waals surface area contributed by atoms with Crippen LogP contribution >= 0.6 is 0 Å². The maximum absolute atomic E-state index is 13.7. The number of rotatable bonds is 10. The lowest BCUT2D eigenvalue weighted by Gasteiger charge is -2.22. The number of hydroxylamine groups is 1. The molecule has 0 saturated carbocycles. The van der Waals surface area contributed by atoms with Crippen molar-refractivity contribution in [3.8, 4) is 11.5 Å². The summed E-state index contributed by atoms with van der Waals surface area (Å²) in [5.74, 6) is -0.706. The van der Waals surface area contributed by atoms with E-state index >= 15 is 0 Å². The fraction of sp³-hybridized carbons (Fsp3) is 0.267. The number of carboxylic acid groups (broad SMARTS) is 1. The molecule has 0 aliphatic heterocycles. The predicted octanol–water partition coefficient (Wildman–Crippen LogP) is 4.53. The quantitative estimate of drug-likeness (QED) is 0.282. The van der Waals surface area contributed by atoms with Crippen LogP contribution in [0.5, 0.6) is 11.5 Å². The minimum atomic E-state index is -4.52. The highest BCUT2D eigenvalue weighted by atomic mass is 19.4. The molecule has 1 aromatic heterocycles. The van der Waals surface area contributed by atoms with Crippen LogP contribution in [-0.2, 0) is 11.3 Å². The maximum Gasteiger partial charge on any atom is 0.412 e. The third kappa shape index (κ3) is 6.81. The summed E-state index contributed by atoms with van der Waals surface area (Å²) >= 11 is 0. The number of halogens is 3. The molecule has 0 atom stereocenters. The van der Waals surface area contributed by atoms with Crippen molar-refractivity contribution < 1.29 is 37.4 Å². The lowest BCUT2D eigenvalue weighted by molar-refractivity contribution is -0.152. The van der Waals surface area contributed by atoms with Gasteiger partial charge in [0, 0.05) is 41.0 Å². The van der Waals surface area contributed by atoms with Gasteiger partial charge in [-0.1, -0.05) is 30.9 Å². The molecule has 7 nitrogen and oxygen atoms in total. The molecule has 0 saturated heterocycles. The zero-order chi connectivity index (χ0) is 29.8. The number of benzene rings is 2. The van der Waals surface area contributed by atoms with Gasteiger partial charge in [0.25, 0.3) is 0 Å². The van der Waals surface area contributed by atoms with Crippen LogP contribution < -0.4 is 25.6 Å². The van der Waals surface area contributed by atoms with Gasteiger partial charge in [-0.25, -0.2) is 4.79 Å². The van der Waals surface area contributed by atoms with E-state index in [2.05, 4.69) is 12.1 Å². The van der Waals surface area contributed by atoms with Gasteiger partial charge in [0.2, 0.25) is 0 Å². The molecule has 2 aromatic carbocycles. The van der Waals surface area contributed by atoms with Crippen molar-refractivity contribution in [1.82, 2.24) is 10.0 Å². The van der Waals surface area contributed by atoms with Crippen LogP contribution in [0.2, 0.25) is 0 Å². The SMILES string of the molecule is C=c1/c(=C\C=C(/C)C(F)(F)F)c(C(=O)c2ccc(ONC)cc2)c(C)n1Cc1cccc(OC(C)(C)C(=O)O)c1. The molecule has 40 heavy (non-hydrogen) atoms. The van der Waals surface area contributed by atoms with E-state index in [9.17, 15) is 27.9 Å². The Morgan fingerprint density at radius 3 is 2.33 bits per heavy atom. The van der Waals surface area contributed by atoms with Gasteiger partial charge in [-0.3, -0.25) is 4.79 Å². The van der Waals surface area contributed by atoms with Crippen LogP contribution in [0.1, 0.15) is 48.0 Å². The summed E-state index contributed by atoms with van der Waals surface area (Å²) in [4.78, 5) is 30.3. The number of allylic oxidation sites excluding steroid dienone is 2. The Morgan fingerprint density at radius 1 is 1.10 bits per heavy atom. The highest BCUT2D eigenvalue weighted by Crippen LogP contribution is 2.25. The fourth-order valence-corrected chi connectivity index (χ4v) is 3.97. The van der Waals surface area contributed by atoms with E-state index in [0.29, 0.717) is 33.7 Å². The largest absolute Gasteiger partial charge is 0.478 e. The number of ether oxygens (including phenoxy) is 1. The maximum atomic E-state index is 13.7. The Morgan fingerprint density at radius 2 is 1.75 bits per heavy atom. The summed E-state index contributed by atoms with van der Waals surface area (Å²) in [6, 6.07) is 13.1. The smallest absolute Gasteiger partial charge is 0.412 e. The summed E-state index contributed by atoms with van der Waals surface area (Å²) in [6.07, 6.45) is -2.33. The highest BCUT2D eigenvalue weighted by Gasteiger charge is 2.30. The molecule has 3 rings (SSSR count). The normalized spacial score (nSPS) is 12.9. The van der Waals surface area contributed by atoms with Crippen LogP contribution in [0, 0.1) is 6.92 Å². The first-order chi connectivity index (χ1) is 18.7. The number of hydrogen-bond donors (Lipinski definition) is 2. The van der Waals surface area contributed by atoms with E-state index in [-0.39, 0.29) is 23.1 Å². The second kappa shape index (κ2) is 11.8. The Hall–Kier alpha value is -4.31. The van der Waals surface area contributed by atoms with Crippen molar-refractivity contribution in [3.63, 3.8) is 0 Å². The molecule has 10 heteroatoms. The molecular formula is C30H31F3N2O5. The Balaban J connectivity index is 2.13. The number of carbonyl (C=O) groups is 2. The molecule has 1 heterocycles. The first-order valence-electron chi connectivity index (χ1n) is 12.3. The predicted molar refractivity (Wildman–Crippen MR) is 146 cm³/mol. The fourth-order valence-electron chi connectivity index (χ4n) is 3.97. The van der Waals surface area contributed by atoms with Gasteiger partial charge in [-0.15, -0.1) is 0 Å².